The number of hydrogen-bond acceptors (Lipinski definition) is 5. The quantitative estimate of drug-likeness (QED) is 0.359. The number of fused-ring (bicyclic) bond motifs is 1. The van der Waals surface area contributed by atoms with E-state index in [9.17, 15) is 9.59 Å². The molecule has 0 saturated carbocycles. The zero-order valence-electron chi connectivity index (χ0n) is 14.8. The lowest BCUT2D eigenvalue weighted by Crippen LogP contribution is -2.23. The van der Waals surface area contributed by atoms with Gasteiger partial charge < -0.3 is 9.72 Å². The molecule has 1 aromatic heterocycles. The van der Waals surface area contributed by atoms with E-state index in [-0.39, 0.29) is 22.7 Å². The number of benzene rings is 2. The number of aromatic amines is 2. The smallest absolute Gasteiger partial charge is 0.251 e. The molecule has 3 aromatic rings. The van der Waals surface area contributed by atoms with Crippen LogP contribution in [0.25, 0.3) is 10.8 Å². The van der Waals surface area contributed by atoms with Crippen LogP contribution < -0.4 is 15.7 Å². The molecular weight excluding hydrogens is 364 g/mol. The number of hydrazone groups is 1. The van der Waals surface area contributed by atoms with E-state index in [0.717, 1.165) is 22.1 Å². The molecule has 0 unspecified atom stereocenters. The Morgan fingerprint density at radius 3 is 2.63 bits per heavy atom. The van der Waals surface area contributed by atoms with Crippen LogP contribution in [0.1, 0.15) is 18.2 Å². The number of carbonyl (C=O) groups is 1. The fraction of sp³-hybridized carbons (Fsp3) is 0.158. The summed E-state index contributed by atoms with van der Waals surface area (Å²) < 4.78 is 5.41. The second-order valence-corrected chi connectivity index (χ2v) is 6.36. The third-order valence-corrected chi connectivity index (χ3v) is 4.18. The molecule has 0 bridgehead atoms. The Morgan fingerprint density at radius 1 is 1.15 bits per heavy atom. The summed E-state index contributed by atoms with van der Waals surface area (Å²) in [4.78, 5) is 28.6. The highest BCUT2D eigenvalue weighted by molar-refractivity contribution is 7.71. The molecule has 0 radical (unpaired) electrons. The second-order valence-electron chi connectivity index (χ2n) is 5.95. The topological polar surface area (TPSA) is 99.3 Å². The maximum absolute atomic E-state index is 12.1. The summed E-state index contributed by atoms with van der Waals surface area (Å²) in [6, 6.07) is 13.0. The lowest BCUT2D eigenvalue weighted by molar-refractivity contribution is -0.120. The van der Waals surface area contributed by atoms with E-state index in [1.54, 1.807) is 7.11 Å². The molecule has 1 amide bonds. The number of aromatic nitrogens is 2. The van der Waals surface area contributed by atoms with E-state index < -0.39 is 0 Å². The normalized spacial score (nSPS) is 11.4. The summed E-state index contributed by atoms with van der Waals surface area (Å²) in [6.07, 6.45) is -0.0259. The Morgan fingerprint density at radius 2 is 1.89 bits per heavy atom. The Kier molecular flexibility index (Phi) is 5.46. The van der Waals surface area contributed by atoms with E-state index in [1.807, 2.05) is 43.3 Å². The number of nitrogens with one attached hydrogen (secondary N) is 3. The maximum atomic E-state index is 12.1. The summed E-state index contributed by atoms with van der Waals surface area (Å²) in [6.45, 7) is 1.81. The van der Waals surface area contributed by atoms with Crippen LogP contribution >= 0.6 is 12.2 Å². The molecule has 27 heavy (non-hydrogen) atoms. The molecule has 0 atom stereocenters. The molecule has 0 spiro atoms. The molecule has 0 aliphatic carbocycles. The minimum absolute atomic E-state index is 0.0259. The van der Waals surface area contributed by atoms with Gasteiger partial charge in [-0.2, -0.15) is 5.10 Å². The van der Waals surface area contributed by atoms with Crippen molar-refractivity contribution in [1.29, 1.82) is 0 Å². The number of H-pyrrole nitrogens is 2. The zero-order valence-corrected chi connectivity index (χ0v) is 15.6. The molecule has 2 aromatic carbocycles. The van der Waals surface area contributed by atoms with Crippen molar-refractivity contribution in [3.05, 3.63) is 68.8 Å². The number of ether oxygens (including phenoxy) is 1. The number of amides is 1. The zero-order chi connectivity index (χ0) is 19.4. The van der Waals surface area contributed by atoms with E-state index in [4.69, 9.17) is 17.0 Å². The van der Waals surface area contributed by atoms with Crippen LogP contribution in [0.5, 0.6) is 5.75 Å². The SMILES string of the molecule is COc1ccc2cc(/C(C)=N\NC(=O)Cc3cc(=O)[nH]c(=S)[nH]3)ccc2c1. The Bertz CT molecular complexity index is 1120. The van der Waals surface area contributed by atoms with Crippen molar-refractivity contribution in [2.75, 3.05) is 7.11 Å². The largest absolute Gasteiger partial charge is 0.497 e. The van der Waals surface area contributed by atoms with Crippen LogP contribution in [0, 0.1) is 4.77 Å². The van der Waals surface area contributed by atoms with Crippen LogP contribution in [0.4, 0.5) is 0 Å². The first-order valence-corrected chi connectivity index (χ1v) is 8.59. The van der Waals surface area contributed by atoms with Crippen LogP contribution in [0.3, 0.4) is 0 Å². The molecule has 7 nitrogen and oxygen atoms in total. The van der Waals surface area contributed by atoms with Gasteiger partial charge in [-0.05, 0) is 53.7 Å². The number of hydrogen-bond donors (Lipinski definition) is 3. The van der Waals surface area contributed by atoms with Crippen LogP contribution in [-0.2, 0) is 11.2 Å². The number of rotatable bonds is 5. The van der Waals surface area contributed by atoms with Crippen molar-refractivity contribution in [1.82, 2.24) is 15.4 Å². The van der Waals surface area contributed by atoms with Crippen molar-refractivity contribution in [2.45, 2.75) is 13.3 Å². The van der Waals surface area contributed by atoms with Crippen LogP contribution in [0.2, 0.25) is 0 Å². The van der Waals surface area contributed by atoms with Gasteiger partial charge in [-0.25, -0.2) is 5.43 Å². The van der Waals surface area contributed by atoms with Crippen LogP contribution in [-0.4, -0.2) is 28.7 Å². The first-order chi connectivity index (χ1) is 12.9. The molecule has 8 heteroatoms. The second kappa shape index (κ2) is 7.96. The van der Waals surface area contributed by atoms with Gasteiger partial charge in [-0.15, -0.1) is 0 Å². The van der Waals surface area contributed by atoms with Gasteiger partial charge >= 0.3 is 0 Å². The first-order valence-electron chi connectivity index (χ1n) is 8.18. The minimum Gasteiger partial charge on any atom is -0.497 e. The number of methoxy groups -OCH3 is 1. The fourth-order valence-electron chi connectivity index (χ4n) is 2.61. The predicted molar refractivity (Wildman–Crippen MR) is 107 cm³/mol. The first kappa shape index (κ1) is 18.5. The van der Waals surface area contributed by atoms with Gasteiger partial charge in [0.2, 0.25) is 5.91 Å². The predicted octanol–water partition coefficient (Wildman–Crippen LogP) is 2.68. The van der Waals surface area contributed by atoms with Gasteiger partial charge in [0.15, 0.2) is 4.77 Å². The van der Waals surface area contributed by atoms with E-state index in [1.165, 1.54) is 6.07 Å². The monoisotopic (exact) mass is 382 g/mol. The molecule has 0 aliphatic rings. The lowest BCUT2D eigenvalue weighted by Gasteiger charge is -2.06. The molecular formula is C19H18N4O3S. The summed E-state index contributed by atoms with van der Waals surface area (Å²) in [5, 5.41) is 6.24. The van der Waals surface area contributed by atoms with Crippen molar-refractivity contribution >= 4 is 34.6 Å². The Labute approximate surface area is 160 Å². The molecule has 0 fully saturated rings. The van der Waals surface area contributed by atoms with Gasteiger partial charge in [0, 0.05) is 11.8 Å². The average molecular weight is 382 g/mol. The Hall–Kier alpha value is -3.26. The minimum atomic E-state index is -0.353. The van der Waals surface area contributed by atoms with Gasteiger partial charge in [0.25, 0.3) is 5.56 Å². The molecule has 3 rings (SSSR count). The molecule has 1 heterocycles. The fourth-order valence-corrected chi connectivity index (χ4v) is 2.85. The highest BCUT2D eigenvalue weighted by Gasteiger charge is 2.06. The van der Waals surface area contributed by atoms with Crippen molar-refractivity contribution < 1.29 is 9.53 Å². The van der Waals surface area contributed by atoms with Crippen molar-refractivity contribution in [3.8, 4) is 5.75 Å². The van der Waals surface area contributed by atoms with Gasteiger partial charge in [0.1, 0.15) is 5.75 Å². The standard InChI is InChI=1S/C19H18N4O3S/c1-11(12-3-4-14-8-16(26-2)6-5-13(14)7-12)22-23-18(25)10-15-9-17(24)21-19(27)20-15/h3-9H,10H2,1-2H3,(H,23,25)(H2,20,21,24,27)/b22-11-. The Balaban J connectivity index is 1.72. The summed E-state index contributed by atoms with van der Waals surface area (Å²) >= 11 is 4.89. The molecule has 0 aliphatic heterocycles. The molecule has 0 saturated heterocycles. The van der Waals surface area contributed by atoms with E-state index >= 15 is 0 Å². The third-order valence-electron chi connectivity index (χ3n) is 3.98. The summed E-state index contributed by atoms with van der Waals surface area (Å²) in [7, 11) is 1.63. The van der Waals surface area contributed by atoms with E-state index in [2.05, 4.69) is 20.5 Å². The maximum Gasteiger partial charge on any atom is 0.251 e. The summed E-state index contributed by atoms with van der Waals surface area (Å²) in [5.74, 6) is 0.447. The highest BCUT2D eigenvalue weighted by atomic mass is 32.1. The van der Waals surface area contributed by atoms with Gasteiger partial charge in [0.05, 0.1) is 19.2 Å². The average Bonchev–Trinajstić information content (AvgIpc) is 2.64. The van der Waals surface area contributed by atoms with Gasteiger partial charge in [-0.1, -0.05) is 18.2 Å². The van der Waals surface area contributed by atoms with E-state index in [0.29, 0.717) is 11.4 Å². The number of nitrogens with zero attached hydrogens (tertiary/aromatic N) is 1. The van der Waals surface area contributed by atoms with Gasteiger partial charge in [-0.3, -0.25) is 14.6 Å². The van der Waals surface area contributed by atoms with Crippen molar-refractivity contribution in [3.63, 3.8) is 0 Å². The summed E-state index contributed by atoms with van der Waals surface area (Å²) in [5.41, 5.74) is 4.13. The molecule has 3 N–H and O–H groups in total. The van der Waals surface area contributed by atoms with Crippen LogP contribution in [0.15, 0.2) is 52.4 Å². The molecule has 138 valence electrons. The lowest BCUT2D eigenvalue weighted by atomic mass is 10.0. The number of carbonyl (C=O) groups excluding carboxylic acids is 1. The van der Waals surface area contributed by atoms with Crippen molar-refractivity contribution in [2.24, 2.45) is 5.10 Å². The highest BCUT2D eigenvalue weighted by Crippen LogP contribution is 2.22. The third kappa shape index (κ3) is 4.68.